The third-order valence-electron chi connectivity index (χ3n) is 4.04. The van der Waals surface area contributed by atoms with Crippen LogP contribution in [0.25, 0.3) is 0 Å². The molecule has 0 aromatic carbocycles. The first-order valence-corrected chi connectivity index (χ1v) is 9.49. The Kier molecular flexibility index (Phi) is 7.83. The second-order valence-electron chi connectivity index (χ2n) is 6.22. The van der Waals surface area contributed by atoms with Crippen molar-refractivity contribution in [1.82, 2.24) is 16.0 Å². The molecule has 1 heterocycles. The number of amides is 4. The Labute approximate surface area is 164 Å². The molecular formula is C17H22BrN3O6. The fourth-order valence-electron chi connectivity index (χ4n) is 2.65. The minimum absolute atomic E-state index is 0.0276. The zero-order valence-corrected chi connectivity index (χ0v) is 16.5. The minimum Gasteiger partial charge on any atom is -0.451 e. The summed E-state index contributed by atoms with van der Waals surface area (Å²) < 4.78 is 10.3. The quantitative estimate of drug-likeness (QED) is 0.575. The molecule has 1 aliphatic rings. The van der Waals surface area contributed by atoms with Crippen LogP contribution in [-0.2, 0) is 14.3 Å². The Morgan fingerprint density at radius 3 is 2.56 bits per heavy atom. The summed E-state index contributed by atoms with van der Waals surface area (Å²) in [6.45, 7) is 0.898. The van der Waals surface area contributed by atoms with Crippen molar-refractivity contribution in [1.29, 1.82) is 0 Å². The molecule has 0 saturated heterocycles. The lowest BCUT2D eigenvalue weighted by Crippen LogP contribution is -2.48. The zero-order valence-electron chi connectivity index (χ0n) is 14.9. The number of carbonyl (C=O) groups is 4. The largest absolute Gasteiger partial charge is 0.451 e. The average Bonchev–Trinajstić information content (AvgIpc) is 3.06. The van der Waals surface area contributed by atoms with Gasteiger partial charge < -0.3 is 19.8 Å². The fourth-order valence-corrected chi connectivity index (χ4v) is 2.96. The standard InChI is InChI=1S/C17H22BrN3O6/c1-10(15(23)21-17(25)20-11-5-3-2-4-6-11)26-14(22)9-19-16(24)12-7-8-13(18)27-12/h7-8,10-11H,2-6,9H2,1H3,(H,19,24)(H2,20,21,23,25)/t10-/m0/s1. The number of urea groups is 1. The molecule has 1 aromatic heterocycles. The van der Waals surface area contributed by atoms with Crippen molar-refractivity contribution in [2.75, 3.05) is 6.54 Å². The van der Waals surface area contributed by atoms with E-state index in [1.54, 1.807) is 0 Å². The Morgan fingerprint density at radius 1 is 1.22 bits per heavy atom. The molecule has 27 heavy (non-hydrogen) atoms. The van der Waals surface area contributed by atoms with Crippen LogP contribution in [0.3, 0.4) is 0 Å². The van der Waals surface area contributed by atoms with Gasteiger partial charge in [0.15, 0.2) is 16.5 Å². The highest BCUT2D eigenvalue weighted by Gasteiger charge is 2.22. The van der Waals surface area contributed by atoms with E-state index in [1.807, 2.05) is 0 Å². The third kappa shape index (κ3) is 7.05. The number of esters is 1. The van der Waals surface area contributed by atoms with Gasteiger partial charge in [0, 0.05) is 6.04 Å². The van der Waals surface area contributed by atoms with Crippen LogP contribution in [0.4, 0.5) is 4.79 Å². The maximum Gasteiger partial charge on any atom is 0.326 e. The molecule has 0 spiro atoms. The van der Waals surface area contributed by atoms with Crippen molar-refractivity contribution in [3.63, 3.8) is 0 Å². The highest BCUT2D eigenvalue weighted by molar-refractivity contribution is 9.10. The summed E-state index contributed by atoms with van der Waals surface area (Å²) in [5.74, 6) is -2.12. The summed E-state index contributed by atoms with van der Waals surface area (Å²) in [4.78, 5) is 47.3. The number of ether oxygens (including phenoxy) is 1. The van der Waals surface area contributed by atoms with Gasteiger partial charge in [0.25, 0.3) is 11.8 Å². The van der Waals surface area contributed by atoms with Crippen LogP contribution in [-0.4, -0.2) is 42.5 Å². The van der Waals surface area contributed by atoms with Crippen LogP contribution < -0.4 is 16.0 Å². The first kappa shape index (κ1) is 20.9. The minimum atomic E-state index is -1.18. The molecule has 4 amide bonds. The molecule has 3 N–H and O–H groups in total. The lowest BCUT2D eigenvalue weighted by atomic mass is 9.96. The Balaban J connectivity index is 1.68. The molecule has 1 aromatic rings. The number of rotatable bonds is 6. The van der Waals surface area contributed by atoms with Crippen molar-refractivity contribution in [2.45, 2.75) is 51.2 Å². The van der Waals surface area contributed by atoms with Crippen molar-refractivity contribution in [3.8, 4) is 0 Å². The van der Waals surface area contributed by atoms with Gasteiger partial charge in [0.2, 0.25) is 0 Å². The summed E-state index contributed by atoms with van der Waals surface area (Å²) in [7, 11) is 0. The van der Waals surface area contributed by atoms with E-state index in [0.29, 0.717) is 4.67 Å². The molecule has 10 heteroatoms. The van der Waals surface area contributed by atoms with Gasteiger partial charge in [-0.05, 0) is 47.8 Å². The molecule has 1 aliphatic carbocycles. The van der Waals surface area contributed by atoms with Gasteiger partial charge in [-0.3, -0.25) is 19.7 Å². The van der Waals surface area contributed by atoms with Crippen molar-refractivity contribution >= 4 is 39.7 Å². The predicted octanol–water partition coefficient (Wildman–Crippen LogP) is 1.86. The van der Waals surface area contributed by atoms with Gasteiger partial charge in [-0.1, -0.05) is 19.3 Å². The molecule has 0 bridgehead atoms. The number of hydrogen-bond donors (Lipinski definition) is 3. The maximum atomic E-state index is 11.9. The summed E-state index contributed by atoms with van der Waals surface area (Å²) in [5.41, 5.74) is 0. The van der Waals surface area contributed by atoms with E-state index in [0.717, 1.165) is 32.1 Å². The summed E-state index contributed by atoms with van der Waals surface area (Å²) in [5, 5.41) is 7.20. The van der Waals surface area contributed by atoms with Crippen LogP contribution in [0.15, 0.2) is 21.2 Å². The number of halogens is 1. The Bertz CT molecular complexity index is 699. The van der Waals surface area contributed by atoms with Gasteiger partial charge in [0.1, 0.15) is 6.54 Å². The average molecular weight is 444 g/mol. The van der Waals surface area contributed by atoms with Gasteiger partial charge in [-0.25, -0.2) is 4.79 Å². The molecular weight excluding hydrogens is 422 g/mol. The first-order valence-electron chi connectivity index (χ1n) is 8.69. The predicted molar refractivity (Wildman–Crippen MR) is 97.8 cm³/mol. The van der Waals surface area contributed by atoms with Crippen molar-refractivity contribution < 1.29 is 28.3 Å². The van der Waals surface area contributed by atoms with Crippen LogP contribution in [0.2, 0.25) is 0 Å². The molecule has 148 valence electrons. The van der Waals surface area contributed by atoms with E-state index in [-0.39, 0.29) is 11.8 Å². The third-order valence-corrected chi connectivity index (χ3v) is 4.47. The van der Waals surface area contributed by atoms with E-state index in [2.05, 4.69) is 31.9 Å². The number of furan rings is 1. The summed E-state index contributed by atoms with van der Waals surface area (Å²) in [6.07, 6.45) is 3.85. The van der Waals surface area contributed by atoms with E-state index in [1.165, 1.54) is 19.1 Å². The summed E-state index contributed by atoms with van der Waals surface area (Å²) in [6, 6.07) is 2.43. The molecule has 0 unspecified atom stereocenters. The van der Waals surface area contributed by atoms with E-state index < -0.39 is 36.5 Å². The van der Waals surface area contributed by atoms with Crippen molar-refractivity contribution in [2.24, 2.45) is 0 Å². The number of imide groups is 1. The Hall–Kier alpha value is -2.36. The van der Waals surface area contributed by atoms with E-state index >= 15 is 0 Å². The van der Waals surface area contributed by atoms with E-state index in [4.69, 9.17) is 9.15 Å². The van der Waals surface area contributed by atoms with Gasteiger partial charge >= 0.3 is 12.0 Å². The molecule has 1 saturated carbocycles. The van der Waals surface area contributed by atoms with Crippen LogP contribution in [0.5, 0.6) is 0 Å². The Morgan fingerprint density at radius 2 is 1.93 bits per heavy atom. The van der Waals surface area contributed by atoms with Crippen LogP contribution >= 0.6 is 15.9 Å². The monoisotopic (exact) mass is 443 g/mol. The van der Waals surface area contributed by atoms with Gasteiger partial charge in [0.05, 0.1) is 0 Å². The normalized spacial score (nSPS) is 15.5. The fraction of sp³-hybridized carbons (Fsp3) is 0.529. The SMILES string of the molecule is C[C@H](OC(=O)CNC(=O)c1ccc(Br)o1)C(=O)NC(=O)NC1CCCCC1. The van der Waals surface area contributed by atoms with Gasteiger partial charge in [-0.2, -0.15) is 0 Å². The smallest absolute Gasteiger partial charge is 0.326 e. The maximum absolute atomic E-state index is 11.9. The number of nitrogens with one attached hydrogen (secondary N) is 3. The van der Waals surface area contributed by atoms with Gasteiger partial charge in [-0.15, -0.1) is 0 Å². The lowest BCUT2D eigenvalue weighted by molar-refractivity contribution is -0.153. The van der Waals surface area contributed by atoms with E-state index in [9.17, 15) is 19.2 Å². The molecule has 9 nitrogen and oxygen atoms in total. The second kappa shape index (κ2) is 10.1. The molecule has 1 atom stereocenters. The molecule has 0 aliphatic heterocycles. The zero-order chi connectivity index (χ0) is 19.8. The lowest BCUT2D eigenvalue weighted by Gasteiger charge is -2.23. The summed E-state index contributed by atoms with van der Waals surface area (Å²) >= 11 is 3.06. The highest BCUT2D eigenvalue weighted by Crippen LogP contribution is 2.17. The van der Waals surface area contributed by atoms with Crippen LogP contribution in [0.1, 0.15) is 49.6 Å². The highest BCUT2D eigenvalue weighted by atomic mass is 79.9. The first-order chi connectivity index (χ1) is 12.8. The number of carbonyl (C=O) groups excluding carboxylic acids is 4. The number of hydrogen-bond acceptors (Lipinski definition) is 6. The molecule has 2 rings (SSSR count). The topological polar surface area (TPSA) is 127 Å². The van der Waals surface area contributed by atoms with Crippen LogP contribution in [0, 0.1) is 0 Å². The molecule has 1 fully saturated rings. The van der Waals surface area contributed by atoms with Crippen molar-refractivity contribution in [3.05, 3.63) is 22.6 Å². The second-order valence-corrected chi connectivity index (χ2v) is 7.00. The molecule has 0 radical (unpaired) electrons.